The Morgan fingerprint density at radius 2 is 0.818 bits per heavy atom. The second-order valence-electron chi connectivity index (χ2n) is 7.06. The molecule has 0 spiro atoms. The van der Waals surface area contributed by atoms with Gasteiger partial charge in [0.1, 0.15) is 0 Å². The van der Waals surface area contributed by atoms with E-state index < -0.39 is 9.04 Å². The van der Waals surface area contributed by atoms with E-state index in [-0.39, 0.29) is 0 Å². The first-order valence-corrected chi connectivity index (χ1v) is 12.6. The molecule has 0 aromatic heterocycles. The molecule has 0 aliphatic heterocycles. The van der Waals surface area contributed by atoms with E-state index in [4.69, 9.17) is 4.43 Å². The zero-order valence-corrected chi connectivity index (χ0v) is 16.9. The molecule has 0 aliphatic rings. The van der Waals surface area contributed by atoms with Gasteiger partial charge >= 0.3 is 0 Å². The number of hydrogen-bond donors (Lipinski definition) is 0. The lowest BCUT2D eigenvalue weighted by atomic mass is 10.0. The van der Waals surface area contributed by atoms with Gasteiger partial charge in [0, 0.05) is 6.61 Å². The molecule has 1 nitrogen and oxygen atoms in total. The van der Waals surface area contributed by atoms with Crippen LogP contribution in [0.15, 0.2) is 0 Å². The molecular weight excluding hydrogens is 284 g/mol. The van der Waals surface area contributed by atoms with Gasteiger partial charge < -0.3 is 4.43 Å². The van der Waals surface area contributed by atoms with E-state index in [0.29, 0.717) is 0 Å². The lowest BCUT2D eigenvalue weighted by Crippen LogP contribution is -2.08. The molecular formula is C20H43OSi. The van der Waals surface area contributed by atoms with Gasteiger partial charge in [0.15, 0.2) is 0 Å². The fourth-order valence-corrected chi connectivity index (χ4v) is 3.48. The lowest BCUT2D eigenvalue weighted by Gasteiger charge is -2.05. The third kappa shape index (κ3) is 20.2. The van der Waals surface area contributed by atoms with E-state index in [2.05, 4.69) is 20.0 Å². The molecule has 22 heavy (non-hydrogen) atoms. The quantitative estimate of drug-likeness (QED) is 0.187. The summed E-state index contributed by atoms with van der Waals surface area (Å²) in [6.07, 6.45) is 23.0. The van der Waals surface area contributed by atoms with Crippen molar-refractivity contribution < 1.29 is 4.43 Å². The average molecular weight is 328 g/mol. The Balaban J connectivity index is 2.94. The Kier molecular flexibility index (Phi) is 19.4. The smallest absolute Gasteiger partial charge is 0.204 e. The van der Waals surface area contributed by atoms with Crippen LogP contribution in [-0.4, -0.2) is 15.6 Å². The van der Waals surface area contributed by atoms with E-state index in [1.165, 1.54) is 103 Å². The van der Waals surface area contributed by atoms with Crippen molar-refractivity contribution in [3.8, 4) is 0 Å². The molecule has 0 bridgehead atoms. The third-order valence-electron chi connectivity index (χ3n) is 4.39. The largest absolute Gasteiger partial charge is 0.417 e. The summed E-state index contributed by atoms with van der Waals surface area (Å²) in [5.41, 5.74) is 0. The van der Waals surface area contributed by atoms with Crippen LogP contribution < -0.4 is 0 Å². The third-order valence-corrected chi connectivity index (χ3v) is 5.17. The van der Waals surface area contributed by atoms with Gasteiger partial charge in [0.25, 0.3) is 0 Å². The summed E-state index contributed by atoms with van der Waals surface area (Å²) >= 11 is 0. The maximum Gasteiger partial charge on any atom is 0.204 e. The van der Waals surface area contributed by atoms with E-state index in [1.807, 2.05) is 0 Å². The highest BCUT2D eigenvalue weighted by molar-refractivity contribution is 6.48. The fourth-order valence-electron chi connectivity index (χ4n) is 2.93. The zero-order valence-electron chi connectivity index (χ0n) is 15.9. The van der Waals surface area contributed by atoms with Gasteiger partial charge in [0.05, 0.1) is 0 Å². The van der Waals surface area contributed by atoms with Crippen molar-refractivity contribution in [2.45, 2.75) is 123 Å². The Morgan fingerprint density at radius 3 is 1.14 bits per heavy atom. The maximum absolute atomic E-state index is 5.66. The van der Waals surface area contributed by atoms with Gasteiger partial charge in [-0.2, -0.15) is 0 Å². The van der Waals surface area contributed by atoms with Gasteiger partial charge in [-0.15, -0.1) is 0 Å². The fraction of sp³-hybridized carbons (Fsp3) is 1.00. The molecule has 0 aliphatic carbocycles. The van der Waals surface area contributed by atoms with Crippen molar-refractivity contribution in [1.82, 2.24) is 0 Å². The molecule has 0 aromatic rings. The van der Waals surface area contributed by atoms with E-state index in [9.17, 15) is 0 Å². The molecule has 0 rings (SSSR count). The summed E-state index contributed by atoms with van der Waals surface area (Å²) in [6.45, 7) is 7.73. The van der Waals surface area contributed by atoms with E-state index >= 15 is 0 Å². The van der Waals surface area contributed by atoms with Crippen LogP contribution in [0.5, 0.6) is 0 Å². The summed E-state index contributed by atoms with van der Waals surface area (Å²) in [5.74, 6) is 0. The monoisotopic (exact) mass is 327 g/mol. The summed E-state index contributed by atoms with van der Waals surface area (Å²) in [6, 6.07) is 0. The molecule has 1 radical (unpaired) electrons. The summed E-state index contributed by atoms with van der Waals surface area (Å²) < 4.78 is 5.66. The molecule has 0 fully saturated rings. The molecule has 0 N–H and O–H groups in total. The number of hydrogen-bond acceptors (Lipinski definition) is 1. The van der Waals surface area contributed by atoms with Crippen molar-refractivity contribution in [2.24, 2.45) is 0 Å². The van der Waals surface area contributed by atoms with Gasteiger partial charge in [-0.25, -0.2) is 0 Å². The Hall–Kier alpha value is 0.177. The first kappa shape index (κ1) is 22.2. The zero-order chi connectivity index (χ0) is 16.3. The van der Waals surface area contributed by atoms with Crippen molar-refractivity contribution in [3.63, 3.8) is 0 Å². The molecule has 2 heteroatoms. The first-order valence-electron chi connectivity index (χ1n) is 10.2. The minimum Gasteiger partial charge on any atom is -0.417 e. The van der Waals surface area contributed by atoms with E-state index in [1.54, 1.807) is 0 Å². The minimum absolute atomic E-state index is 0.455. The van der Waals surface area contributed by atoms with Crippen molar-refractivity contribution in [1.29, 1.82) is 0 Å². The number of unbranched alkanes of at least 4 members (excludes halogenated alkanes) is 15. The molecule has 0 unspecified atom stereocenters. The van der Waals surface area contributed by atoms with Crippen LogP contribution in [0.4, 0.5) is 0 Å². The molecule has 0 aromatic carbocycles. The maximum atomic E-state index is 5.66. The Bertz CT molecular complexity index is 194. The van der Waals surface area contributed by atoms with Crippen LogP contribution in [0.3, 0.4) is 0 Å². The molecule has 0 heterocycles. The lowest BCUT2D eigenvalue weighted by molar-refractivity contribution is 0.311. The highest BCUT2D eigenvalue weighted by atomic mass is 28.3. The number of rotatable bonds is 18. The highest BCUT2D eigenvalue weighted by Gasteiger charge is 1.97. The first-order chi connectivity index (χ1) is 10.8. The van der Waals surface area contributed by atoms with Gasteiger partial charge in [-0.3, -0.25) is 0 Å². The predicted octanol–water partition coefficient (Wildman–Crippen LogP) is 7.52. The van der Waals surface area contributed by atoms with Crippen LogP contribution in [0.1, 0.15) is 110 Å². The highest BCUT2D eigenvalue weighted by Crippen LogP contribution is 2.13. The topological polar surface area (TPSA) is 9.23 Å². The molecule has 0 amide bonds. The average Bonchev–Trinajstić information content (AvgIpc) is 2.50. The Morgan fingerprint density at radius 1 is 0.500 bits per heavy atom. The van der Waals surface area contributed by atoms with E-state index in [0.717, 1.165) is 6.61 Å². The van der Waals surface area contributed by atoms with Gasteiger partial charge in [-0.05, 0) is 19.5 Å². The van der Waals surface area contributed by atoms with Crippen molar-refractivity contribution >= 4 is 9.04 Å². The van der Waals surface area contributed by atoms with Crippen molar-refractivity contribution in [2.75, 3.05) is 6.61 Å². The van der Waals surface area contributed by atoms with Crippen LogP contribution >= 0.6 is 0 Å². The van der Waals surface area contributed by atoms with Crippen LogP contribution in [0.2, 0.25) is 13.1 Å². The van der Waals surface area contributed by atoms with Crippen LogP contribution in [-0.2, 0) is 4.43 Å². The molecule has 133 valence electrons. The molecule has 0 atom stereocenters. The standard InChI is InChI=1S/C20H43OSi/c1-4-5-6-7-8-9-10-11-12-13-14-15-16-17-18-19-20-21-22(2)3/h4-20H2,1-3H3. The van der Waals surface area contributed by atoms with Crippen LogP contribution in [0, 0.1) is 0 Å². The summed E-state index contributed by atoms with van der Waals surface area (Å²) in [7, 11) is -0.455. The Labute approximate surface area is 143 Å². The summed E-state index contributed by atoms with van der Waals surface area (Å²) in [4.78, 5) is 0. The minimum atomic E-state index is -0.455. The summed E-state index contributed by atoms with van der Waals surface area (Å²) in [5, 5.41) is 0. The van der Waals surface area contributed by atoms with Gasteiger partial charge in [0.2, 0.25) is 9.04 Å². The van der Waals surface area contributed by atoms with Crippen LogP contribution in [0.25, 0.3) is 0 Å². The van der Waals surface area contributed by atoms with Crippen molar-refractivity contribution in [3.05, 3.63) is 0 Å². The molecule has 0 saturated carbocycles. The predicted molar refractivity (Wildman–Crippen MR) is 103 cm³/mol. The van der Waals surface area contributed by atoms with Gasteiger partial charge in [-0.1, -0.05) is 103 Å². The molecule has 0 saturated heterocycles. The second-order valence-corrected chi connectivity index (χ2v) is 9.17. The second kappa shape index (κ2) is 19.2. The normalized spacial score (nSPS) is 11.5. The SMILES string of the molecule is CCCCCCCCCCCCCCCCCCO[Si](C)C.